The van der Waals surface area contributed by atoms with Crippen LogP contribution in [-0.4, -0.2) is 4.98 Å². The highest BCUT2D eigenvalue weighted by atomic mass is 79.9. The minimum absolute atomic E-state index is 0.0272. The molecule has 14 heavy (non-hydrogen) atoms. The normalized spacial score (nSPS) is 10.2. The molecular weight excluding hydrogens is 256 g/mol. The number of rotatable bonds is 2. The van der Waals surface area contributed by atoms with Crippen LogP contribution in [0.4, 0.5) is 14.5 Å². The summed E-state index contributed by atoms with van der Waals surface area (Å²) in [5.74, 6) is 0. The first-order chi connectivity index (χ1) is 6.57. The van der Waals surface area contributed by atoms with Crippen molar-refractivity contribution in [1.82, 2.24) is 4.98 Å². The van der Waals surface area contributed by atoms with E-state index in [4.69, 9.17) is 11.0 Å². The van der Waals surface area contributed by atoms with Gasteiger partial charge in [-0.2, -0.15) is 5.26 Å². The maximum atomic E-state index is 12.5. The van der Waals surface area contributed by atoms with Crippen LogP contribution in [0.25, 0.3) is 0 Å². The first kappa shape index (κ1) is 10.9. The van der Waals surface area contributed by atoms with Gasteiger partial charge in [0.2, 0.25) is 0 Å². The molecule has 0 bridgehead atoms. The molecule has 0 amide bonds. The summed E-state index contributed by atoms with van der Waals surface area (Å²) in [4.78, 5) is 3.78. The van der Waals surface area contributed by atoms with Gasteiger partial charge < -0.3 is 5.73 Å². The van der Waals surface area contributed by atoms with Crippen molar-refractivity contribution in [3.8, 4) is 6.07 Å². The van der Waals surface area contributed by atoms with Gasteiger partial charge in [0.05, 0.1) is 40.1 Å². The maximum absolute atomic E-state index is 12.5. The number of nitrogen functional groups attached to an aromatic ring is 1. The van der Waals surface area contributed by atoms with E-state index in [-0.39, 0.29) is 27.8 Å². The van der Waals surface area contributed by atoms with Crippen molar-refractivity contribution in [2.75, 3.05) is 5.73 Å². The number of hydrogen-bond acceptors (Lipinski definition) is 3. The van der Waals surface area contributed by atoms with Crippen LogP contribution in [0.2, 0.25) is 0 Å². The van der Waals surface area contributed by atoms with E-state index in [1.165, 1.54) is 0 Å². The Balaban J connectivity index is 3.28. The summed E-state index contributed by atoms with van der Waals surface area (Å²) in [5.41, 5.74) is 5.23. The van der Waals surface area contributed by atoms with Crippen LogP contribution in [0, 0.1) is 11.3 Å². The average Bonchev–Trinajstić information content (AvgIpc) is 2.10. The molecule has 3 nitrogen and oxygen atoms in total. The molecule has 0 saturated carbocycles. The molecule has 0 aliphatic carbocycles. The SMILES string of the molecule is N#CCc1ncc(N)c(C(F)F)c1Br. The number of nitrogens with two attached hydrogens (primary N) is 1. The number of nitriles is 1. The van der Waals surface area contributed by atoms with Crippen molar-refractivity contribution in [3.05, 3.63) is 21.9 Å². The average molecular weight is 262 g/mol. The third-order valence-corrected chi connectivity index (χ3v) is 2.51. The third kappa shape index (κ3) is 1.99. The Bertz CT molecular complexity index is 387. The summed E-state index contributed by atoms with van der Waals surface area (Å²) in [7, 11) is 0. The van der Waals surface area contributed by atoms with Crippen LogP contribution in [0.5, 0.6) is 0 Å². The second kappa shape index (κ2) is 4.33. The van der Waals surface area contributed by atoms with Crippen LogP contribution in [-0.2, 0) is 6.42 Å². The quantitative estimate of drug-likeness (QED) is 0.890. The zero-order valence-electron chi connectivity index (χ0n) is 6.97. The van der Waals surface area contributed by atoms with Crippen molar-refractivity contribution in [3.63, 3.8) is 0 Å². The fourth-order valence-corrected chi connectivity index (χ4v) is 1.62. The van der Waals surface area contributed by atoms with Crippen molar-refractivity contribution in [2.45, 2.75) is 12.8 Å². The molecule has 1 aromatic heterocycles. The highest BCUT2D eigenvalue weighted by Gasteiger charge is 2.18. The second-order valence-corrected chi connectivity index (χ2v) is 3.32. The molecule has 0 spiro atoms. The predicted molar refractivity (Wildman–Crippen MR) is 50.6 cm³/mol. The van der Waals surface area contributed by atoms with E-state index in [1.807, 2.05) is 6.07 Å². The molecule has 0 fully saturated rings. The molecule has 0 unspecified atom stereocenters. The van der Waals surface area contributed by atoms with Crippen LogP contribution in [0.15, 0.2) is 10.7 Å². The van der Waals surface area contributed by atoms with Gasteiger partial charge in [0.25, 0.3) is 6.43 Å². The number of alkyl halides is 2. The van der Waals surface area contributed by atoms with E-state index in [0.717, 1.165) is 6.20 Å². The Morgan fingerprint density at radius 1 is 1.64 bits per heavy atom. The van der Waals surface area contributed by atoms with E-state index < -0.39 is 6.43 Å². The molecule has 0 radical (unpaired) electrons. The summed E-state index contributed by atoms with van der Waals surface area (Å²) >= 11 is 2.96. The van der Waals surface area contributed by atoms with Crippen molar-refractivity contribution >= 4 is 21.6 Å². The fraction of sp³-hybridized carbons (Fsp3) is 0.250. The van der Waals surface area contributed by atoms with E-state index >= 15 is 0 Å². The highest BCUT2D eigenvalue weighted by molar-refractivity contribution is 9.10. The van der Waals surface area contributed by atoms with Gasteiger partial charge in [-0.1, -0.05) is 0 Å². The van der Waals surface area contributed by atoms with Gasteiger partial charge in [-0.3, -0.25) is 4.98 Å². The Hall–Kier alpha value is -1.22. The van der Waals surface area contributed by atoms with E-state index in [9.17, 15) is 8.78 Å². The lowest BCUT2D eigenvalue weighted by Gasteiger charge is -2.08. The topological polar surface area (TPSA) is 62.7 Å². The predicted octanol–water partition coefficient (Wildman–Crippen LogP) is 2.43. The zero-order valence-corrected chi connectivity index (χ0v) is 8.55. The van der Waals surface area contributed by atoms with Crippen molar-refractivity contribution in [2.24, 2.45) is 0 Å². The molecular formula is C8H6BrF2N3. The molecule has 0 aliphatic rings. The minimum Gasteiger partial charge on any atom is -0.397 e. The van der Waals surface area contributed by atoms with Crippen LogP contribution in [0.1, 0.15) is 17.7 Å². The summed E-state index contributed by atoms with van der Waals surface area (Å²) in [6, 6.07) is 1.83. The van der Waals surface area contributed by atoms with Crippen molar-refractivity contribution in [1.29, 1.82) is 5.26 Å². The fourth-order valence-electron chi connectivity index (χ4n) is 0.976. The number of aromatic nitrogens is 1. The Morgan fingerprint density at radius 2 is 2.29 bits per heavy atom. The minimum atomic E-state index is -2.68. The van der Waals surface area contributed by atoms with Crippen LogP contribution < -0.4 is 5.73 Å². The first-order valence-electron chi connectivity index (χ1n) is 3.65. The van der Waals surface area contributed by atoms with E-state index in [2.05, 4.69) is 20.9 Å². The van der Waals surface area contributed by atoms with Gasteiger partial charge in [-0.15, -0.1) is 0 Å². The third-order valence-electron chi connectivity index (χ3n) is 1.63. The van der Waals surface area contributed by atoms with Gasteiger partial charge in [0.1, 0.15) is 0 Å². The van der Waals surface area contributed by atoms with Crippen LogP contribution in [0.3, 0.4) is 0 Å². The van der Waals surface area contributed by atoms with Gasteiger partial charge >= 0.3 is 0 Å². The lowest BCUT2D eigenvalue weighted by molar-refractivity contribution is 0.151. The van der Waals surface area contributed by atoms with E-state index in [1.54, 1.807) is 0 Å². The molecule has 1 aromatic rings. The molecule has 0 saturated heterocycles. The van der Waals surface area contributed by atoms with Gasteiger partial charge in [0.15, 0.2) is 0 Å². The molecule has 1 heterocycles. The Morgan fingerprint density at radius 3 is 2.79 bits per heavy atom. The number of anilines is 1. The summed E-state index contributed by atoms with van der Waals surface area (Å²) in [5, 5.41) is 8.41. The molecule has 1 rings (SSSR count). The lowest BCUT2D eigenvalue weighted by Crippen LogP contribution is -2.01. The highest BCUT2D eigenvalue weighted by Crippen LogP contribution is 2.33. The lowest BCUT2D eigenvalue weighted by atomic mass is 10.2. The number of pyridine rings is 1. The second-order valence-electron chi connectivity index (χ2n) is 2.52. The summed E-state index contributed by atoms with van der Waals surface area (Å²) < 4.78 is 25.1. The number of halogens is 3. The number of nitrogens with zero attached hydrogens (tertiary/aromatic N) is 2. The smallest absolute Gasteiger partial charge is 0.267 e. The molecule has 2 N–H and O–H groups in total. The zero-order chi connectivity index (χ0) is 10.7. The van der Waals surface area contributed by atoms with Gasteiger partial charge in [-0.25, -0.2) is 8.78 Å². The number of hydrogen-bond donors (Lipinski definition) is 1. The first-order valence-corrected chi connectivity index (χ1v) is 4.45. The van der Waals surface area contributed by atoms with Crippen molar-refractivity contribution < 1.29 is 8.78 Å². The molecule has 74 valence electrons. The van der Waals surface area contributed by atoms with E-state index in [0.29, 0.717) is 0 Å². The Labute approximate surface area is 87.7 Å². The van der Waals surface area contributed by atoms with Crippen LogP contribution >= 0.6 is 15.9 Å². The maximum Gasteiger partial charge on any atom is 0.267 e. The molecule has 0 aromatic carbocycles. The monoisotopic (exact) mass is 261 g/mol. The molecule has 6 heteroatoms. The Kier molecular flexibility index (Phi) is 3.36. The molecule has 0 aliphatic heterocycles. The summed E-state index contributed by atoms with van der Waals surface area (Å²) in [6.07, 6.45) is -1.57. The summed E-state index contributed by atoms with van der Waals surface area (Å²) in [6.45, 7) is 0. The largest absolute Gasteiger partial charge is 0.397 e. The van der Waals surface area contributed by atoms with Gasteiger partial charge in [0, 0.05) is 0 Å². The standard InChI is InChI=1S/C8H6BrF2N3/c9-7-5(1-2-12)14-3-4(13)6(7)8(10)11/h3,8H,1,13H2. The molecule has 0 atom stereocenters. The van der Waals surface area contributed by atoms with Gasteiger partial charge in [-0.05, 0) is 15.9 Å².